The summed E-state index contributed by atoms with van der Waals surface area (Å²) in [5.41, 5.74) is 4.38. The highest BCUT2D eigenvalue weighted by Gasteiger charge is 2.04. The minimum Gasteiger partial charge on any atom is -0.365 e. The van der Waals surface area contributed by atoms with Crippen LogP contribution in [0.25, 0.3) is 0 Å². The Hall–Kier alpha value is -1.10. The first-order chi connectivity index (χ1) is 5.11. The van der Waals surface area contributed by atoms with Crippen molar-refractivity contribution in [1.29, 1.82) is 0 Å². The summed E-state index contributed by atoms with van der Waals surface area (Å²) >= 11 is 3.04. The number of nitrogens with two attached hydrogens (primary N) is 1. The lowest BCUT2D eigenvalue weighted by Gasteiger charge is -1.92. The Bertz CT molecular complexity index is 345. The fourth-order valence-corrected chi connectivity index (χ4v) is 0.956. The number of hydrogen-bond donors (Lipinski definition) is 2. The predicted molar refractivity (Wildman–Crippen MR) is 43.3 cm³/mol. The van der Waals surface area contributed by atoms with E-state index in [0.717, 1.165) is 0 Å². The van der Waals surface area contributed by atoms with Crippen LogP contribution in [0.4, 0.5) is 0 Å². The predicted octanol–water partition coefficient (Wildman–Crippen LogP) is 0.236. The molecule has 0 saturated heterocycles. The van der Waals surface area contributed by atoms with Gasteiger partial charge in [-0.2, -0.15) is 0 Å². The van der Waals surface area contributed by atoms with Gasteiger partial charge in [0.05, 0.1) is 4.60 Å². The molecule has 0 aliphatic heterocycles. The molecular formula is C6H5BrN2O2. The zero-order valence-electron chi connectivity index (χ0n) is 5.43. The van der Waals surface area contributed by atoms with Crippen LogP contribution in [0.2, 0.25) is 0 Å². The molecule has 5 heteroatoms. The summed E-state index contributed by atoms with van der Waals surface area (Å²) in [6.45, 7) is 0. The molecule has 0 bridgehead atoms. The third-order valence-corrected chi connectivity index (χ3v) is 1.60. The average molecular weight is 217 g/mol. The average Bonchev–Trinajstić information content (AvgIpc) is 1.85. The second-order valence-corrected chi connectivity index (χ2v) is 2.77. The lowest BCUT2D eigenvalue weighted by Crippen LogP contribution is -2.22. The maximum atomic E-state index is 10.9. The monoisotopic (exact) mass is 216 g/mol. The van der Waals surface area contributed by atoms with Crippen molar-refractivity contribution in [2.75, 3.05) is 0 Å². The number of rotatable bonds is 1. The molecule has 1 aromatic rings. The zero-order chi connectivity index (χ0) is 8.43. The fourth-order valence-electron chi connectivity index (χ4n) is 0.644. The first kappa shape index (κ1) is 8.00. The first-order valence-corrected chi connectivity index (χ1v) is 3.59. The molecule has 0 aromatic carbocycles. The van der Waals surface area contributed by atoms with Crippen LogP contribution in [0.15, 0.2) is 21.5 Å². The van der Waals surface area contributed by atoms with Crippen molar-refractivity contribution < 1.29 is 4.79 Å². The number of halogens is 1. The Labute approximate surface area is 70.5 Å². The minimum atomic E-state index is -0.723. The van der Waals surface area contributed by atoms with Gasteiger partial charge in [0.2, 0.25) is 0 Å². The second kappa shape index (κ2) is 2.87. The van der Waals surface area contributed by atoms with Crippen molar-refractivity contribution in [3.8, 4) is 0 Å². The van der Waals surface area contributed by atoms with Crippen molar-refractivity contribution in [3.05, 3.63) is 32.7 Å². The molecule has 0 atom stereocenters. The molecule has 0 aliphatic rings. The molecule has 58 valence electrons. The molecule has 4 nitrogen and oxygen atoms in total. The fraction of sp³-hybridized carbons (Fsp3) is 0. The van der Waals surface area contributed by atoms with Gasteiger partial charge in [-0.25, -0.2) is 0 Å². The highest BCUT2D eigenvalue weighted by molar-refractivity contribution is 9.10. The maximum Gasteiger partial charge on any atom is 0.261 e. The van der Waals surface area contributed by atoms with Gasteiger partial charge in [-0.15, -0.1) is 0 Å². The molecule has 1 aromatic heterocycles. The standard InChI is InChI=1S/C6H5BrN2O2/c7-4-2-1-3(5(8)10)6(11)9-4/h1-2H,(H2,8,10)(H,9,11). The SMILES string of the molecule is NC(=O)c1ccc(Br)[nH]c1=O. The summed E-state index contributed by atoms with van der Waals surface area (Å²) in [5, 5.41) is 0. The summed E-state index contributed by atoms with van der Waals surface area (Å²) in [4.78, 5) is 23.8. The van der Waals surface area contributed by atoms with Gasteiger partial charge in [0.1, 0.15) is 5.56 Å². The number of carbonyl (C=O) groups is 1. The summed E-state index contributed by atoms with van der Waals surface area (Å²) in [7, 11) is 0. The smallest absolute Gasteiger partial charge is 0.261 e. The number of H-pyrrole nitrogens is 1. The number of carbonyl (C=O) groups excluding carboxylic acids is 1. The van der Waals surface area contributed by atoms with E-state index in [9.17, 15) is 9.59 Å². The van der Waals surface area contributed by atoms with Crippen molar-refractivity contribution in [2.45, 2.75) is 0 Å². The van der Waals surface area contributed by atoms with Gasteiger partial charge in [0.15, 0.2) is 0 Å². The number of amides is 1. The lowest BCUT2D eigenvalue weighted by molar-refractivity contribution is 0.0999. The van der Waals surface area contributed by atoms with Crippen LogP contribution in [0.1, 0.15) is 10.4 Å². The van der Waals surface area contributed by atoms with Gasteiger partial charge >= 0.3 is 0 Å². The summed E-state index contributed by atoms with van der Waals surface area (Å²) in [5.74, 6) is -0.723. The van der Waals surface area contributed by atoms with E-state index in [1.165, 1.54) is 6.07 Å². The van der Waals surface area contributed by atoms with Crippen molar-refractivity contribution in [3.63, 3.8) is 0 Å². The van der Waals surface area contributed by atoms with Gasteiger partial charge in [-0.1, -0.05) is 0 Å². The molecule has 1 heterocycles. The van der Waals surface area contributed by atoms with E-state index in [4.69, 9.17) is 5.73 Å². The largest absolute Gasteiger partial charge is 0.365 e. The maximum absolute atomic E-state index is 10.9. The Kier molecular flexibility index (Phi) is 2.09. The first-order valence-electron chi connectivity index (χ1n) is 2.80. The van der Waals surface area contributed by atoms with E-state index < -0.39 is 11.5 Å². The molecule has 0 fully saturated rings. The summed E-state index contributed by atoms with van der Waals surface area (Å²) in [6, 6.07) is 2.91. The number of hydrogen-bond acceptors (Lipinski definition) is 2. The third kappa shape index (κ3) is 1.68. The molecule has 0 aliphatic carbocycles. The van der Waals surface area contributed by atoms with Gasteiger partial charge in [-0.3, -0.25) is 9.59 Å². The highest BCUT2D eigenvalue weighted by atomic mass is 79.9. The number of aromatic nitrogens is 1. The van der Waals surface area contributed by atoms with Crippen LogP contribution in [-0.4, -0.2) is 10.9 Å². The van der Waals surface area contributed by atoms with Gasteiger partial charge in [0.25, 0.3) is 11.5 Å². The van der Waals surface area contributed by atoms with Crippen molar-refractivity contribution >= 4 is 21.8 Å². The van der Waals surface area contributed by atoms with Crippen LogP contribution in [0.3, 0.4) is 0 Å². The number of aromatic amines is 1. The molecule has 1 amide bonds. The minimum absolute atomic E-state index is 0.0341. The van der Waals surface area contributed by atoms with Crippen molar-refractivity contribution in [2.24, 2.45) is 5.73 Å². The Morgan fingerprint density at radius 3 is 2.64 bits per heavy atom. The van der Waals surface area contributed by atoms with Gasteiger partial charge in [-0.05, 0) is 28.1 Å². The summed E-state index contributed by atoms with van der Waals surface area (Å²) < 4.78 is 0.521. The molecule has 3 N–H and O–H groups in total. The van der Waals surface area contributed by atoms with E-state index >= 15 is 0 Å². The Morgan fingerprint density at radius 1 is 1.55 bits per heavy atom. The Morgan fingerprint density at radius 2 is 2.18 bits per heavy atom. The molecule has 0 spiro atoms. The Balaban J connectivity index is 3.32. The molecule has 0 saturated carbocycles. The molecule has 0 radical (unpaired) electrons. The van der Waals surface area contributed by atoms with Crippen LogP contribution < -0.4 is 11.3 Å². The van der Waals surface area contributed by atoms with E-state index in [1.807, 2.05) is 0 Å². The van der Waals surface area contributed by atoms with Gasteiger partial charge in [0, 0.05) is 0 Å². The van der Waals surface area contributed by atoms with Crippen LogP contribution in [-0.2, 0) is 0 Å². The number of pyridine rings is 1. The summed E-state index contributed by atoms with van der Waals surface area (Å²) in [6.07, 6.45) is 0. The zero-order valence-corrected chi connectivity index (χ0v) is 7.01. The molecule has 1 rings (SSSR count). The van der Waals surface area contributed by atoms with E-state index in [0.29, 0.717) is 4.60 Å². The third-order valence-electron chi connectivity index (χ3n) is 1.14. The van der Waals surface area contributed by atoms with E-state index in [2.05, 4.69) is 20.9 Å². The van der Waals surface area contributed by atoms with Crippen LogP contribution in [0.5, 0.6) is 0 Å². The quantitative estimate of drug-likeness (QED) is 0.661. The number of primary amides is 1. The normalized spacial score (nSPS) is 9.55. The lowest BCUT2D eigenvalue weighted by atomic mass is 10.3. The highest BCUT2D eigenvalue weighted by Crippen LogP contribution is 2.01. The van der Waals surface area contributed by atoms with E-state index in [1.54, 1.807) is 6.07 Å². The molecule has 11 heavy (non-hydrogen) atoms. The molecular weight excluding hydrogens is 212 g/mol. The number of nitrogens with one attached hydrogen (secondary N) is 1. The van der Waals surface area contributed by atoms with Crippen LogP contribution >= 0.6 is 15.9 Å². The van der Waals surface area contributed by atoms with Gasteiger partial charge < -0.3 is 10.7 Å². The van der Waals surface area contributed by atoms with E-state index in [-0.39, 0.29) is 5.56 Å². The topological polar surface area (TPSA) is 76.0 Å². The second-order valence-electron chi connectivity index (χ2n) is 1.91. The molecule has 0 unspecified atom stereocenters. The van der Waals surface area contributed by atoms with Crippen molar-refractivity contribution in [1.82, 2.24) is 4.98 Å². The van der Waals surface area contributed by atoms with Crippen LogP contribution in [0, 0.1) is 0 Å².